The first-order valence-corrected chi connectivity index (χ1v) is 4.68. The van der Waals surface area contributed by atoms with Crippen molar-refractivity contribution in [2.45, 2.75) is 0 Å². The summed E-state index contributed by atoms with van der Waals surface area (Å²) in [5.74, 6) is -1.24. The van der Waals surface area contributed by atoms with Crippen molar-refractivity contribution in [2.75, 3.05) is 0 Å². The zero-order valence-electron chi connectivity index (χ0n) is 7.60. The summed E-state index contributed by atoms with van der Waals surface area (Å²) in [6, 6.07) is 11.0. The fourth-order valence-electron chi connectivity index (χ4n) is 1.37. The van der Waals surface area contributed by atoms with Crippen LogP contribution in [0.3, 0.4) is 0 Å². The molecule has 0 saturated heterocycles. The Morgan fingerprint density at radius 3 is 2.33 bits per heavy atom. The molecule has 0 aliphatic heterocycles. The number of hydrogen-bond donors (Lipinski definition) is 0. The van der Waals surface area contributed by atoms with Crippen LogP contribution in [0.1, 0.15) is 0 Å². The molecule has 2 rings (SSSR count). The molecule has 1 radical (unpaired) electrons. The van der Waals surface area contributed by atoms with Crippen molar-refractivity contribution >= 4 is 11.6 Å². The van der Waals surface area contributed by atoms with E-state index in [9.17, 15) is 8.78 Å². The molecule has 0 atom stereocenters. The van der Waals surface area contributed by atoms with Crippen molar-refractivity contribution in [3.05, 3.63) is 59.1 Å². The fraction of sp³-hybridized carbons (Fsp3) is 0. The highest BCUT2D eigenvalue weighted by molar-refractivity contribution is 6.33. The largest absolute Gasteiger partial charge is 0.206 e. The summed E-state index contributed by atoms with van der Waals surface area (Å²) in [6.07, 6.45) is 0. The van der Waals surface area contributed by atoms with Crippen LogP contribution in [0.15, 0.2) is 36.4 Å². The third kappa shape index (κ3) is 1.85. The van der Waals surface area contributed by atoms with E-state index in [4.69, 9.17) is 11.6 Å². The Bertz CT molecular complexity index is 474. The quantitative estimate of drug-likeness (QED) is 0.683. The maximum Gasteiger partial charge on any atom is 0.134 e. The van der Waals surface area contributed by atoms with Crippen molar-refractivity contribution < 1.29 is 8.78 Å². The van der Waals surface area contributed by atoms with E-state index in [-0.39, 0.29) is 10.6 Å². The molecule has 0 aliphatic carbocycles. The van der Waals surface area contributed by atoms with Crippen LogP contribution in [-0.2, 0) is 0 Å². The molecular formula is C12H6ClF2. The van der Waals surface area contributed by atoms with E-state index in [1.54, 1.807) is 6.07 Å². The average molecular weight is 224 g/mol. The molecule has 0 aliphatic rings. The SMILES string of the molecule is Fc1cccc(F)c1-c1cc[c]cc1Cl. The maximum atomic E-state index is 13.4. The van der Waals surface area contributed by atoms with Gasteiger partial charge in [-0.1, -0.05) is 29.8 Å². The van der Waals surface area contributed by atoms with Crippen LogP contribution in [0.25, 0.3) is 11.1 Å². The first kappa shape index (κ1) is 10.1. The normalized spacial score (nSPS) is 10.3. The fourth-order valence-corrected chi connectivity index (χ4v) is 1.59. The Morgan fingerprint density at radius 1 is 1.07 bits per heavy atom. The highest BCUT2D eigenvalue weighted by atomic mass is 35.5. The van der Waals surface area contributed by atoms with Crippen molar-refractivity contribution in [1.29, 1.82) is 0 Å². The van der Waals surface area contributed by atoms with E-state index in [0.29, 0.717) is 5.56 Å². The summed E-state index contributed by atoms with van der Waals surface area (Å²) < 4.78 is 26.8. The Hall–Kier alpha value is -1.41. The predicted octanol–water partition coefficient (Wildman–Crippen LogP) is 4.09. The second-order valence-corrected chi connectivity index (χ2v) is 3.41. The molecule has 3 heteroatoms. The molecule has 2 aromatic rings. The van der Waals surface area contributed by atoms with E-state index in [2.05, 4.69) is 6.07 Å². The summed E-state index contributed by atoms with van der Waals surface area (Å²) in [7, 11) is 0. The molecule has 15 heavy (non-hydrogen) atoms. The molecule has 0 unspecified atom stereocenters. The van der Waals surface area contributed by atoms with Gasteiger partial charge in [-0.3, -0.25) is 0 Å². The second kappa shape index (κ2) is 3.99. The molecule has 0 fully saturated rings. The Balaban J connectivity index is 2.69. The van der Waals surface area contributed by atoms with Crippen LogP contribution in [0.5, 0.6) is 0 Å². The van der Waals surface area contributed by atoms with Gasteiger partial charge in [-0.05, 0) is 24.3 Å². The third-order valence-electron chi connectivity index (χ3n) is 2.05. The summed E-state index contributed by atoms with van der Waals surface area (Å²) in [5, 5.41) is 0.279. The molecule has 2 aromatic carbocycles. The van der Waals surface area contributed by atoms with Gasteiger partial charge in [-0.15, -0.1) is 0 Å². The Morgan fingerprint density at radius 2 is 1.73 bits per heavy atom. The minimum Gasteiger partial charge on any atom is -0.206 e. The average Bonchev–Trinajstić information content (AvgIpc) is 2.20. The third-order valence-corrected chi connectivity index (χ3v) is 2.36. The minimum absolute atomic E-state index is 0.100. The van der Waals surface area contributed by atoms with Gasteiger partial charge in [0.25, 0.3) is 0 Å². The Labute approximate surface area is 91.1 Å². The van der Waals surface area contributed by atoms with Gasteiger partial charge in [0.05, 0.1) is 5.56 Å². The summed E-state index contributed by atoms with van der Waals surface area (Å²) in [5.41, 5.74) is 0.238. The lowest BCUT2D eigenvalue weighted by molar-refractivity contribution is 0.589. The molecule has 0 aromatic heterocycles. The standard InChI is InChI=1S/C12H6ClF2/c13-9-5-2-1-4-8(9)12-10(14)6-3-7-11(12)15/h1,3-7H. The second-order valence-electron chi connectivity index (χ2n) is 3.00. The van der Waals surface area contributed by atoms with Gasteiger partial charge in [0.15, 0.2) is 0 Å². The van der Waals surface area contributed by atoms with Crippen molar-refractivity contribution in [1.82, 2.24) is 0 Å². The van der Waals surface area contributed by atoms with Crippen molar-refractivity contribution in [2.24, 2.45) is 0 Å². The molecule has 0 bridgehead atoms. The zero-order valence-corrected chi connectivity index (χ0v) is 8.35. The van der Waals surface area contributed by atoms with Crippen LogP contribution in [0, 0.1) is 17.7 Å². The van der Waals surface area contributed by atoms with Crippen LogP contribution < -0.4 is 0 Å². The molecule has 0 spiro atoms. The lowest BCUT2D eigenvalue weighted by atomic mass is 10.0. The van der Waals surface area contributed by atoms with E-state index in [1.165, 1.54) is 30.3 Å². The smallest absolute Gasteiger partial charge is 0.134 e. The highest BCUT2D eigenvalue weighted by Crippen LogP contribution is 2.31. The molecule has 0 N–H and O–H groups in total. The summed E-state index contributed by atoms with van der Waals surface area (Å²) in [4.78, 5) is 0. The van der Waals surface area contributed by atoms with Crippen molar-refractivity contribution in [3.8, 4) is 11.1 Å². The molecule has 0 nitrogen and oxygen atoms in total. The molecule has 0 amide bonds. The van der Waals surface area contributed by atoms with Gasteiger partial charge < -0.3 is 0 Å². The monoisotopic (exact) mass is 223 g/mol. The van der Waals surface area contributed by atoms with E-state index in [1.807, 2.05) is 0 Å². The van der Waals surface area contributed by atoms with Crippen LogP contribution in [-0.4, -0.2) is 0 Å². The van der Waals surface area contributed by atoms with Gasteiger partial charge in [-0.2, -0.15) is 0 Å². The molecule has 75 valence electrons. The predicted molar refractivity (Wildman–Crippen MR) is 55.6 cm³/mol. The number of rotatable bonds is 1. The lowest BCUT2D eigenvalue weighted by Gasteiger charge is -2.06. The first-order chi connectivity index (χ1) is 7.20. The Kier molecular flexibility index (Phi) is 2.69. The molecular weight excluding hydrogens is 218 g/mol. The number of benzene rings is 2. The number of hydrogen-bond acceptors (Lipinski definition) is 0. The van der Waals surface area contributed by atoms with Gasteiger partial charge >= 0.3 is 0 Å². The van der Waals surface area contributed by atoms with Crippen LogP contribution in [0.4, 0.5) is 8.78 Å². The van der Waals surface area contributed by atoms with Crippen molar-refractivity contribution in [3.63, 3.8) is 0 Å². The minimum atomic E-state index is -0.622. The highest BCUT2D eigenvalue weighted by Gasteiger charge is 2.12. The van der Waals surface area contributed by atoms with Gasteiger partial charge in [0.1, 0.15) is 11.6 Å². The molecule has 0 saturated carbocycles. The maximum absolute atomic E-state index is 13.4. The summed E-state index contributed by atoms with van der Waals surface area (Å²) >= 11 is 5.84. The van der Waals surface area contributed by atoms with Crippen LogP contribution >= 0.6 is 11.6 Å². The van der Waals surface area contributed by atoms with Gasteiger partial charge in [-0.25, -0.2) is 8.78 Å². The van der Waals surface area contributed by atoms with Crippen LogP contribution in [0.2, 0.25) is 5.02 Å². The lowest BCUT2D eigenvalue weighted by Crippen LogP contribution is -1.89. The van der Waals surface area contributed by atoms with Gasteiger partial charge in [0, 0.05) is 10.6 Å². The van der Waals surface area contributed by atoms with Gasteiger partial charge in [0.2, 0.25) is 0 Å². The molecule has 0 heterocycles. The topological polar surface area (TPSA) is 0 Å². The van der Waals surface area contributed by atoms with E-state index < -0.39 is 11.6 Å². The number of halogens is 3. The zero-order chi connectivity index (χ0) is 10.8. The van der Waals surface area contributed by atoms with E-state index in [0.717, 1.165) is 0 Å². The van der Waals surface area contributed by atoms with E-state index >= 15 is 0 Å². The first-order valence-electron chi connectivity index (χ1n) is 4.30. The summed E-state index contributed by atoms with van der Waals surface area (Å²) in [6.45, 7) is 0.